The number of unbranched alkanes of at least 4 members (excludes halogenated alkanes) is 3. The lowest BCUT2D eigenvalue weighted by molar-refractivity contribution is -0.154. The number of methoxy groups -OCH3 is 1. The van der Waals surface area contributed by atoms with Crippen LogP contribution in [-0.2, 0) is 33.3 Å². The van der Waals surface area contributed by atoms with Gasteiger partial charge in [-0.05, 0) is 109 Å². The van der Waals surface area contributed by atoms with Gasteiger partial charge >= 0.3 is 11.9 Å². The van der Waals surface area contributed by atoms with Crippen molar-refractivity contribution in [2.45, 2.75) is 166 Å². The van der Waals surface area contributed by atoms with E-state index in [1.165, 1.54) is 39.5 Å². The minimum atomic E-state index is -0.386. The minimum absolute atomic E-state index is 0.00653. The van der Waals surface area contributed by atoms with Crippen LogP contribution in [0.3, 0.4) is 0 Å². The highest BCUT2D eigenvalue weighted by Gasteiger charge is 2.33. The topological polar surface area (TPSA) is 94.6 Å². The summed E-state index contributed by atoms with van der Waals surface area (Å²) in [6.45, 7) is 8.61. The Morgan fingerprint density at radius 2 is 1.55 bits per heavy atom. The normalized spacial score (nSPS) is 33.5. The summed E-state index contributed by atoms with van der Waals surface area (Å²) in [6, 6.07) is 0.663. The summed E-state index contributed by atoms with van der Waals surface area (Å²) in [5.41, 5.74) is 0.949. The maximum absolute atomic E-state index is 13.4. The Morgan fingerprint density at radius 1 is 0.824 bits per heavy atom. The molecule has 7 atom stereocenters. The predicted octanol–water partition coefficient (Wildman–Crippen LogP) is 7.48. The van der Waals surface area contributed by atoms with Crippen LogP contribution in [0.2, 0.25) is 0 Å². The molecule has 0 aliphatic carbocycles. The van der Waals surface area contributed by atoms with Crippen LogP contribution in [-0.4, -0.2) is 97.5 Å². The summed E-state index contributed by atoms with van der Waals surface area (Å²) in [6.07, 6.45) is 26.5. The molecule has 0 aromatic rings. The summed E-state index contributed by atoms with van der Waals surface area (Å²) in [7, 11) is 1.39. The van der Waals surface area contributed by atoms with Crippen molar-refractivity contribution >= 4 is 17.8 Å². The van der Waals surface area contributed by atoms with Gasteiger partial charge in [-0.1, -0.05) is 50.5 Å². The summed E-state index contributed by atoms with van der Waals surface area (Å²) >= 11 is 0. The quantitative estimate of drug-likeness (QED) is 0.105. The number of allylic oxidation sites excluding steroid dienone is 2. The van der Waals surface area contributed by atoms with Crippen molar-refractivity contribution in [2.75, 3.05) is 33.3 Å². The van der Waals surface area contributed by atoms with Gasteiger partial charge in [0.25, 0.3) is 0 Å². The monoisotopic (exact) mass is 710 g/mol. The molecule has 0 aromatic heterocycles. The van der Waals surface area contributed by atoms with Gasteiger partial charge in [0.15, 0.2) is 0 Å². The van der Waals surface area contributed by atoms with E-state index in [0.29, 0.717) is 37.1 Å². The molecule has 0 saturated carbocycles. The molecule has 0 N–H and O–H groups in total. The number of esters is 2. The van der Waals surface area contributed by atoms with Crippen LogP contribution in [0.5, 0.6) is 0 Å². The Morgan fingerprint density at radius 3 is 2.31 bits per heavy atom. The van der Waals surface area contributed by atoms with E-state index in [1.807, 2.05) is 6.08 Å². The van der Waals surface area contributed by atoms with Gasteiger partial charge in [-0.3, -0.25) is 9.59 Å². The number of hydrogen-bond acceptors (Lipinski definition) is 8. The van der Waals surface area contributed by atoms with E-state index < -0.39 is 0 Å². The number of nitrogens with zero attached hydrogens (tertiary/aromatic N) is 2. The molecule has 0 spiro atoms. The van der Waals surface area contributed by atoms with E-state index in [2.05, 4.69) is 41.9 Å². The zero-order chi connectivity index (χ0) is 36.0. The number of hydrogen-bond donors (Lipinski definition) is 0. The first-order valence-corrected chi connectivity index (χ1v) is 20.4. The van der Waals surface area contributed by atoms with Crippen LogP contribution in [0, 0.1) is 11.8 Å². The molecule has 0 aromatic carbocycles. The highest BCUT2D eigenvalue weighted by atomic mass is 16.6. The summed E-state index contributed by atoms with van der Waals surface area (Å²) < 4.78 is 24.1. The number of fused-ring (bicyclic) bond motifs is 4. The lowest BCUT2D eigenvalue weighted by Gasteiger charge is -2.40. The molecule has 5 rings (SSSR count). The first-order valence-electron chi connectivity index (χ1n) is 20.4. The molecule has 4 bridgehead atoms. The van der Waals surface area contributed by atoms with Crippen molar-refractivity contribution in [1.29, 1.82) is 0 Å². The van der Waals surface area contributed by atoms with Gasteiger partial charge in [-0.25, -0.2) is 4.79 Å². The first kappa shape index (κ1) is 39.7. The van der Waals surface area contributed by atoms with E-state index in [1.54, 1.807) is 6.08 Å². The second-order valence-electron chi connectivity index (χ2n) is 16.0. The van der Waals surface area contributed by atoms with E-state index in [4.69, 9.17) is 18.9 Å². The number of piperidine rings is 2. The van der Waals surface area contributed by atoms with Crippen LogP contribution >= 0.6 is 0 Å². The van der Waals surface area contributed by atoms with Crippen molar-refractivity contribution in [3.8, 4) is 0 Å². The van der Waals surface area contributed by atoms with Gasteiger partial charge in [0.05, 0.1) is 37.9 Å². The van der Waals surface area contributed by atoms with Crippen LogP contribution in [0.4, 0.5) is 0 Å². The van der Waals surface area contributed by atoms with Gasteiger partial charge in [-0.15, -0.1) is 0 Å². The number of cyclic esters (lactones) is 1. The molecule has 51 heavy (non-hydrogen) atoms. The largest absolute Gasteiger partial charge is 0.466 e. The molecule has 5 heterocycles. The second-order valence-corrected chi connectivity index (χ2v) is 16.0. The van der Waals surface area contributed by atoms with Gasteiger partial charge < -0.3 is 28.7 Å². The van der Waals surface area contributed by atoms with Crippen molar-refractivity contribution in [3.63, 3.8) is 0 Å². The average molecular weight is 711 g/mol. The third-order valence-corrected chi connectivity index (χ3v) is 11.7. The number of carbonyl (C=O) groups is 3. The summed E-state index contributed by atoms with van der Waals surface area (Å²) in [5, 5.41) is 0. The van der Waals surface area contributed by atoms with Crippen LogP contribution < -0.4 is 0 Å². The molecule has 5 aliphatic rings. The Bertz CT molecular complexity index is 1200. The number of ether oxygens (including phenoxy) is 4. The first-order chi connectivity index (χ1) is 24.7. The molecule has 5 aliphatic heterocycles. The SMILES string of the molecule is COC(=O)/C=C1\CC2CC(=O)OC(/C=C/CCCCCC(=O)N3CCC(N4CCCCC4)CC3)C(C)/C=C/C(C)CC3CCCC(CC(C1)O2)O3. The maximum Gasteiger partial charge on any atom is 0.330 e. The Balaban J connectivity index is 1.11. The molecule has 4 fully saturated rings. The van der Waals surface area contributed by atoms with Gasteiger partial charge in [0, 0.05) is 44.0 Å². The zero-order valence-corrected chi connectivity index (χ0v) is 31.8. The number of carbonyl (C=O) groups excluding carboxylic acids is 3. The van der Waals surface area contributed by atoms with E-state index in [0.717, 1.165) is 89.3 Å². The highest BCUT2D eigenvalue weighted by molar-refractivity contribution is 5.82. The zero-order valence-electron chi connectivity index (χ0n) is 31.8. The van der Waals surface area contributed by atoms with Crippen LogP contribution in [0.15, 0.2) is 36.0 Å². The summed E-state index contributed by atoms with van der Waals surface area (Å²) in [4.78, 5) is 43.2. The van der Waals surface area contributed by atoms with Crippen LogP contribution in [0.1, 0.15) is 129 Å². The third-order valence-electron chi connectivity index (χ3n) is 11.7. The standard InChI is InChI=1S/C42H66N2O7/c1-31-17-18-32(2)39(15-8-5-4-6-9-16-40(45)44-23-19-34(20-24-44)43-21-10-7-11-22-43)51-42(47)30-38-27-33(28-41(46)48-3)26-37(50-38)29-36-14-12-13-35(25-31)49-36/h8,15,17-18,28,31-32,34-39H,4-7,9-14,16,19-27,29-30H2,1-3H3/b15-8+,18-17+,33-28-. The summed E-state index contributed by atoms with van der Waals surface area (Å²) in [5.74, 6) is -0.00468. The molecular formula is C42H66N2O7. The molecule has 7 unspecified atom stereocenters. The van der Waals surface area contributed by atoms with Crippen molar-refractivity contribution < 1.29 is 33.3 Å². The maximum atomic E-state index is 13.4. The molecule has 4 saturated heterocycles. The number of rotatable bonds is 9. The molecule has 9 heteroatoms. The third kappa shape index (κ3) is 13.1. The molecule has 286 valence electrons. The van der Waals surface area contributed by atoms with Gasteiger partial charge in [0.1, 0.15) is 6.10 Å². The highest BCUT2D eigenvalue weighted by Crippen LogP contribution is 2.34. The smallest absolute Gasteiger partial charge is 0.330 e. The molecule has 0 radical (unpaired) electrons. The van der Waals surface area contributed by atoms with Crippen molar-refractivity contribution in [2.24, 2.45) is 11.8 Å². The molecule has 9 nitrogen and oxygen atoms in total. The lowest BCUT2D eigenvalue weighted by Crippen LogP contribution is -2.48. The Hall–Kier alpha value is -2.49. The number of likely N-dealkylation sites (tertiary alicyclic amines) is 2. The minimum Gasteiger partial charge on any atom is -0.466 e. The van der Waals surface area contributed by atoms with E-state index >= 15 is 0 Å². The number of amides is 1. The lowest BCUT2D eigenvalue weighted by atomic mass is 9.89. The van der Waals surface area contributed by atoms with Crippen molar-refractivity contribution in [3.05, 3.63) is 36.0 Å². The van der Waals surface area contributed by atoms with Crippen molar-refractivity contribution in [1.82, 2.24) is 9.80 Å². The van der Waals surface area contributed by atoms with Gasteiger partial charge in [-0.2, -0.15) is 0 Å². The van der Waals surface area contributed by atoms with E-state index in [9.17, 15) is 14.4 Å². The molecule has 1 amide bonds. The molecular weight excluding hydrogens is 644 g/mol. The fourth-order valence-electron chi connectivity index (χ4n) is 8.80. The fraction of sp³-hybridized carbons (Fsp3) is 0.786. The Labute approximate surface area is 307 Å². The predicted molar refractivity (Wildman–Crippen MR) is 199 cm³/mol. The van der Waals surface area contributed by atoms with E-state index in [-0.39, 0.29) is 54.8 Å². The Kier molecular flexibility index (Phi) is 16.1. The average Bonchev–Trinajstić information content (AvgIpc) is 3.13. The van der Waals surface area contributed by atoms with Crippen LogP contribution in [0.25, 0.3) is 0 Å². The fourth-order valence-corrected chi connectivity index (χ4v) is 8.80. The second kappa shape index (κ2) is 20.7. The van der Waals surface area contributed by atoms with Gasteiger partial charge in [0.2, 0.25) is 5.91 Å².